The number of hydrogen-bond donors (Lipinski definition) is 0. The van der Waals surface area contributed by atoms with Crippen LogP contribution in [0.5, 0.6) is 0 Å². The predicted molar refractivity (Wildman–Crippen MR) is 60.1 cm³/mol. The highest BCUT2D eigenvalue weighted by Crippen LogP contribution is 2.14. The highest BCUT2D eigenvalue weighted by Gasteiger charge is 1.98. The van der Waals surface area contributed by atoms with Gasteiger partial charge in [0.2, 0.25) is 0 Å². The van der Waals surface area contributed by atoms with Gasteiger partial charge in [0.1, 0.15) is 5.82 Å². The number of aryl methyl sites for hydroxylation is 1. The third-order valence-corrected chi connectivity index (χ3v) is 2.52. The molecule has 2 heteroatoms. The molecule has 0 bridgehead atoms. The van der Waals surface area contributed by atoms with Crippen molar-refractivity contribution in [3.05, 3.63) is 40.7 Å². The lowest BCUT2D eigenvalue weighted by Crippen LogP contribution is -1.86. The second-order valence-electron chi connectivity index (χ2n) is 3.30. The summed E-state index contributed by atoms with van der Waals surface area (Å²) >= 11 is 5.75. The van der Waals surface area contributed by atoms with Crippen LogP contribution in [0.2, 0.25) is 0 Å². The van der Waals surface area contributed by atoms with E-state index >= 15 is 0 Å². The summed E-state index contributed by atoms with van der Waals surface area (Å²) in [5.41, 5.74) is 2.85. The van der Waals surface area contributed by atoms with E-state index in [1.54, 1.807) is 13.0 Å². The number of halogens is 2. The van der Waals surface area contributed by atoms with E-state index in [2.05, 4.69) is 6.92 Å². The Hall–Kier alpha value is -0.820. The fourth-order valence-electron chi connectivity index (χ4n) is 1.23. The van der Waals surface area contributed by atoms with Crippen LogP contribution in [0.1, 0.15) is 24.5 Å². The molecule has 0 radical (unpaired) electrons. The molecule has 76 valence electrons. The van der Waals surface area contributed by atoms with Crippen molar-refractivity contribution >= 4 is 17.7 Å². The zero-order chi connectivity index (χ0) is 10.6. The molecule has 1 aromatic carbocycles. The minimum absolute atomic E-state index is 0.161. The van der Waals surface area contributed by atoms with Gasteiger partial charge < -0.3 is 0 Å². The van der Waals surface area contributed by atoms with Crippen molar-refractivity contribution in [3.63, 3.8) is 0 Å². The Labute approximate surface area is 89.4 Å². The Balaban J connectivity index is 2.97. The average Bonchev–Trinajstić information content (AvgIpc) is 2.19. The third kappa shape index (κ3) is 2.85. The molecule has 0 spiro atoms. The molecular formula is C12H14ClF. The number of alkyl halides is 1. The zero-order valence-corrected chi connectivity index (χ0v) is 9.24. The van der Waals surface area contributed by atoms with Crippen LogP contribution in [0.4, 0.5) is 4.39 Å². The second kappa shape index (κ2) is 5.16. The van der Waals surface area contributed by atoms with Gasteiger partial charge in [-0.1, -0.05) is 24.6 Å². The van der Waals surface area contributed by atoms with Crippen molar-refractivity contribution in [1.82, 2.24) is 0 Å². The molecule has 0 amide bonds. The quantitative estimate of drug-likeness (QED) is 0.660. The molecule has 0 atom stereocenters. The van der Waals surface area contributed by atoms with Crippen LogP contribution in [-0.2, 0) is 0 Å². The summed E-state index contributed by atoms with van der Waals surface area (Å²) in [6.45, 7) is 3.82. The summed E-state index contributed by atoms with van der Waals surface area (Å²) in [7, 11) is 0. The summed E-state index contributed by atoms with van der Waals surface area (Å²) in [6.07, 6.45) is 2.94. The first-order chi connectivity index (χ1) is 6.67. The highest BCUT2D eigenvalue weighted by molar-refractivity contribution is 6.19. The molecule has 0 aliphatic heterocycles. The molecule has 0 nitrogen and oxygen atoms in total. The van der Waals surface area contributed by atoms with Crippen LogP contribution in [0.3, 0.4) is 0 Å². The van der Waals surface area contributed by atoms with Crippen molar-refractivity contribution in [1.29, 1.82) is 0 Å². The second-order valence-corrected chi connectivity index (χ2v) is 3.57. The maximum absolute atomic E-state index is 13.0. The van der Waals surface area contributed by atoms with Crippen LogP contribution < -0.4 is 0 Å². The first-order valence-corrected chi connectivity index (χ1v) is 5.22. The van der Waals surface area contributed by atoms with Gasteiger partial charge in [-0.15, -0.1) is 11.6 Å². The Morgan fingerprint density at radius 2 is 2.21 bits per heavy atom. The maximum Gasteiger partial charge on any atom is 0.126 e. The van der Waals surface area contributed by atoms with E-state index in [9.17, 15) is 4.39 Å². The molecule has 0 saturated heterocycles. The van der Waals surface area contributed by atoms with Crippen LogP contribution in [0.25, 0.3) is 6.08 Å². The van der Waals surface area contributed by atoms with E-state index in [4.69, 9.17) is 11.6 Å². The van der Waals surface area contributed by atoms with Crippen LogP contribution in [0, 0.1) is 12.7 Å². The summed E-state index contributed by atoms with van der Waals surface area (Å²) in [6, 6.07) is 5.09. The largest absolute Gasteiger partial charge is 0.207 e. The Kier molecular flexibility index (Phi) is 4.15. The molecule has 1 aromatic rings. The number of allylic oxidation sites excluding steroid dienone is 1. The molecule has 0 aromatic heterocycles. The van der Waals surface area contributed by atoms with Crippen molar-refractivity contribution < 1.29 is 4.39 Å². The van der Waals surface area contributed by atoms with Gasteiger partial charge in [-0.05, 0) is 36.6 Å². The first-order valence-electron chi connectivity index (χ1n) is 4.69. The van der Waals surface area contributed by atoms with Gasteiger partial charge in [-0.2, -0.15) is 0 Å². The molecular weight excluding hydrogens is 199 g/mol. The van der Waals surface area contributed by atoms with Gasteiger partial charge in [0.15, 0.2) is 0 Å². The number of rotatable bonds is 3. The van der Waals surface area contributed by atoms with Gasteiger partial charge in [0.05, 0.1) is 0 Å². The molecule has 0 aliphatic rings. The molecule has 1 rings (SSSR count). The first kappa shape index (κ1) is 11.3. The van der Waals surface area contributed by atoms with Crippen LogP contribution >= 0.6 is 11.6 Å². The Morgan fingerprint density at radius 3 is 2.71 bits per heavy atom. The van der Waals surface area contributed by atoms with Crippen molar-refractivity contribution in [3.8, 4) is 0 Å². The van der Waals surface area contributed by atoms with E-state index in [1.807, 2.05) is 12.1 Å². The van der Waals surface area contributed by atoms with E-state index < -0.39 is 0 Å². The van der Waals surface area contributed by atoms with E-state index in [0.29, 0.717) is 11.4 Å². The monoisotopic (exact) mass is 212 g/mol. The Morgan fingerprint density at radius 1 is 1.50 bits per heavy atom. The SMILES string of the molecule is CCC(=Cc1ccc(F)c(C)c1)CCl. The summed E-state index contributed by atoms with van der Waals surface area (Å²) in [5, 5.41) is 0. The summed E-state index contributed by atoms with van der Waals surface area (Å²) < 4.78 is 13.0. The van der Waals surface area contributed by atoms with Crippen molar-refractivity contribution in [2.24, 2.45) is 0 Å². The van der Waals surface area contributed by atoms with Gasteiger partial charge in [-0.25, -0.2) is 4.39 Å². The molecule has 0 unspecified atom stereocenters. The van der Waals surface area contributed by atoms with Crippen LogP contribution in [-0.4, -0.2) is 5.88 Å². The smallest absolute Gasteiger partial charge is 0.126 e. The molecule has 0 N–H and O–H groups in total. The Bertz CT molecular complexity index is 336. The van der Waals surface area contributed by atoms with Crippen LogP contribution in [0.15, 0.2) is 23.8 Å². The third-order valence-electron chi connectivity index (χ3n) is 2.18. The van der Waals surface area contributed by atoms with E-state index in [-0.39, 0.29) is 5.82 Å². The minimum atomic E-state index is -0.161. The standard InChI is InChI=1S/C12H14ClF/c1-3-10(8-13)7-11-4-5-12(14)9(2)6-11/h4-7H,3,8H2,1-2H3. The van der Waals surface area contributed by atoms with Crippen molar-refractivity contribution in [2.45, 2.75) is 20.3 Å². The lowest BCUT2D eigenvalue weighted by molar-refractivity contribution is 0.618. The van der Waals surface area contributed by atoms with Gasteiger partial charge in [-0.3, -0.25) is 0 Å². The van der Waals surface area contributed by atoms with E-state index in [0.717, 1.165) is 17.6 Å². The average molecular weight is 213 g/mol. The van der Waals surface area contributed by atoms with Gasteiger partial charge in [0, 0.05) is 5.88 Å². The molecule has 14 heavy (non-hydrogen) atoms. The topological polar surface area (TPSA) is 0 Å². The van der Waals surface area contributed by atoms with Gasteiger partial charge in [0.25, 0.3) is 0 Å². The maximum atomic E-state index is 13.0. The fourth-order valence-corrected chi connectivity index (χ4v) is 1.49. The van der Waals surface area contributed by atoms with Crippen molar-refractivity contribution in [2.75, 3.05) is 5.88 Å². The highest BCUT2D eigenvalue weighted by atomic mass is 35.5. The molecule has 0 aliphatic carbocycles. The molecule has 0 heterocycles. The normalized spacial score (nSPS) is 11.9. The van der Waals surface area contributed by atoms with Gasteiger partial charge >= 0.3 is 0 Å². The number of hydrogen-bond acceptors (Lipinski definition) is 0. The summed E-state index contributed by atoms with van der Waals surface area (Å²) in [4.78, 5) is 0. The fraction of sp³-hybridized carbons (Fsp3) is 0.333. The molecule has 0 saturated carbocycles. The molecule has 0 fully saturated rings. The minimum Gasteiger partial charge on any atom is -0.207 e. The number of benzene rings is 1. The zero-order valence-electron chi connectivity index (χ0n) is 8.48. The van der Waals surface area contributed by atoms with E-state index in [1.165, 1.54) is 6.07 Å². The lowest BCUT2D eigenvalue weighted by atomic mass is 10.1. The lowest BCUT2D eigenvalue weighted by Gasteiger charge is -2.01. The summed E-state index contributed by atoms with van der Waals surface area (Å²) in [5.74, 6) is 0.374. The predicted octanol–water partition coefficient (Wildman–Crippen LogP) is 4.17.